The van der Waals surface area contributed by atoms with Crippen LogP contribution >= 0.6 is 12.4 Å². The van der Waals surface area contributed by atoms with E-state index in [1.165, 1.54) is 30.7 Å². The lowest BCUT2D eigenvalue weighted by Crippen LogP contribution is -2.30. The first-order valence-corrected chi connectivity index (χ1v) is 8.33. The molecule has 1 unspecified atom stereocenters. The zero-order chi connectivity index (χ0) is 15.5. The van der Waals surface area contributed by atoms with Crippen LogP contribution in [0.4, 0.5) is 0 Å². The van der Waals surface area contributed by atoms with Crippen molar-refractivity contribution < 1.29 is 17.9 Å². The normalized spacial score (nSPS) is 18.8. The summed E-state index contributed by atoms with van der Waals surface area (Å²) in [7, 11) is 1.38. The third-order valence-corrected chi connectivity index (χ3v) is 5.55. The predicted octanol–water partition coefficient (Wildman–Crippen LogP) is 1.36. The fourth-order valence-corrected chi connectivity index (χ4v) is 4.13. The van der Waals surface area contributed by atoms with Gasteiger partial charge in [-0.05, 0) is 25.9 Å². The predicted molar refractivity (Wildman–Crippen MR) is 87.6 cm³/mol. The van der Waals surface area contributed by atoms with Gasteiger partial charge in [-0.3, -0.25) is 0 Å². The van der Waals surface area contributed by atoms with Crippen molar-refractivity contribution >= 4 is 22.4 Å². The number of nitrogens with one attached hydrogen (secondary N) is 1. The Kier molecular flexibility index (Phi) is 6.93. The highest BCUT2D eigenvalue weighted by molar-refractivity contribution is 7.89. The van der Waals surface area contributed by atoms with E-state index in [0.29, 0.717) is 30.5 Å². The third-order valence-electron chi connectivity index (χ3n) is 3.70. The van der Waals surface area contributed by atoms with Crippen molar-refractivity contribution in [2.75, 3.05) is 40.9 Å². The Hall–Kier alpha value is -1.02. The highest BCUT2D eigenvalue weighted by Crippen LogP contribution is 2.30. The summed E-state index contributed by atoms with van der Waals surface area (Å²) < 4.78 is 37.2. The van der Waals surface area contributed by atoms with Crippen LogP contribution in [0.3, 0.4) is 0 Å². The van der Waals surface area contributed by atoms with E-state index in [1.54, 1.807) is 6.07 Å². The molecule has 1 saturated heterocycles. The minimum atomic E-state index is -3.51. The number of sulfonamides is 1. The van der Waals surface area contributed by atoms with E-state index in [4.69, 9.17) is 9.47 Å². The maximum atomic E-state index is 12.7. The maximum Gasteiger partial charge on any atom is 0.243 e. The van der Waals surface area contributed by atoms with E-state index in [9.17, 15) is 8.42 Å². The summed E-state index contributed by atoms with van der Waals surface area (Å²) in [6, 6.07) is 4.72. The topological polar surface area (TPSA) is 67.9 Å². The smallest absolute Gasteiger partial charge is 0.243 e. The van der Waals surface area contributed by atoms with E-state index in [0.717, 1.165) is 13.0 Å². The summed E-state index contributed by atoms with van der Waals surface area (Å²) in [5, 5.41) is 3.10. The summed E-state index contributed by atoms with van der Waals surface area (Å²) in [5.74, 6) is 1.30. The summed E-state index contributed by atoms with van der Waals surface area (Å²) in [5.41, 5.74) is 0. The fraction of sp³-hybridized carbons (Fsp3) is 0.571. The van der Waals surface area contributed by atoms with E-state index < -0.39 is 10.0 Å². The van der Waals surface area contributed by atoms with Gasteiger partial charge < -0.3 is 14.8 Å². The fourth-order valence-electron chi connectivity index (χ4n) is 2.55. The van der Waals surface area contributed by atoms with Gasteiger partial charge in [0.25, 0.3) is 0 Å². The highest BCUT2D eigenvalue weighted by atomic mass is 35.5. The molecule has 1 fully saturated rings. The molecular formula is C14H23ClN2O4S. The van der Waals surface area contributed by atoms with E-state index >= 15 is 0 Å². The Morgan fingerprint density at radius 2 is 1.82 bits per heavy atom. The molecule has 1 atom stereocenters. The van der Waals surface area contributed by atoms with Gasteiger partial charge in [-0.25, -0.2) is 8.42 Å². The number of hydrogen-bond acceptors (Lipinski definition) is 5. The van der Waals surface area contributed by atoms with Crippen molar-refractivity contribution in [3.05, 3.63) is 18.2 Å². The molecule has 6 nitrogen and oxygen atoms in total. The van der Waals surface area contributed by atoms with Crippen molar-refractivity contribution in [1.82, 2.24) is 9.62 Å². The molecule has 0 radical (unpaired) electrons. The summed E-state index contributed by atoms with van der Waals surface area (Å²) in [6.45, 7) is 1.92. The molecule has 1 aliphatic rings. The van der Waals surface area contributed by atoms with Gasteiger partial charge in [0.05, 0.1) is 19.1 Å². The molecule has 0 aliphatic carbocycles. The molecule has 22 heavy (non-hydrogen) atoms. The molecule has 0 spiro atoms. The van der Waals surface area contributed by atoms with Crippen molar-refractivity contribution in [3.63, 3.8) is 0 Å². The third kappa shape index (κ3) is 4.04. The molecule has 1 aliphatic heterocycles. The largest absolute Gasteiger partial charge is 0.497 e. The second-order valence-electron chi connectivity index (χ2n) is 5.12. The van der Waals surface area contributed by atoms with Gasteiger partial charge in [-0.1, -0.05) is 0 Å². The number of halogens is 1. The lowest BCUT2D eigenvalue weighted by atomic mass is 10.1. The Bertz CT molecular complexity index is 572. The number of benzene rings is 1. The van der Waals surface area contributed by atoms with Crippen LogP contribution in [-0.2, 0) is 10.0 Å². The molecule has 126 valence electrons. The molecule has 8 heteroatoms. The van der Waals surface area contributed by atoms with Gasteiger partial charge in [0.15, 0.2) is 0 Å². The molecular weight excluding hydrogens is 328 g/mol. The first-order valence-electron chi connectivity index (χ1n) is 6.89. The quantitative estimate of drug-likeness (QED) is 0.839. The summed E-state index contributed by atoms with van der Waals surface area (Å²) >= 11 is 0. The van der Waals surface area contributed by atoms with E-state index in [-0.39, 0.29) is 17.3 Å². The first kappa shape index (κ1) is 19.0. The lowest BCUT2D eigenvalue weighted by molar-refractivity contribution is 0.391. The number of rotatable bonds is 6. The van der Waals surface area contributed by atoms with Gasteiger partial charge in [-0.2, -0.15) is 4.31 Å². The van der Waals surface area contributed by atoms with Crippen LogP contribution in [0.25, 0.3) is 0 Å². The van der Waals surface area contributed by atoms with Gasteiger partial charge in [0, 0.05) is 31.3 Å². The molecule has 1 N–H and O–H groups in total. The second-order valence-corrected chi connectivity index (χ2v) is 7.06. The van der Waals surface area contributed by atoms with E-state index in [1.807, 2.05) is 7.05 Å². The molecule has 0 bridgehead atoms. The zero-order valence-corrected chi connectivity index (χ0v) is 14.7. The van der Waals surface area contributed by atoms with Gasteiger partial charge in [0.2, 0.25) is 10.0 Å². The molecule has 0 saturated carbocycles. The number of ether oxygens (including phenoxy) is 2. The standard InChI is InChI=1S/C14H22N2O4S.ClH/c1-15-9-11-4-5-16(10-11)21(17,18)14-7-12(19-2)6-13(8-14)20-3;/h6-8,11,15H,4-5,9-10H2,1-3H3;1H. The van der Waals surface area contributed by atoms with Crippen LogP contribution in [0.1, 0.15) is 6.42 Å². The number of methoxy groups -OCH3 is 2. The van der Waals surface area contributed by atoms with Crippen LogP contribution in [0.5, 0.6) is 11.5 Å². The SMILES string of the molecule is CNCC1CCN(S(=O)(=O)c2cc(OC)cc(OC)c2)C1.Cl. The van der Waals surface area contributed by atoms with Gasteiger partial charge in [0.1, 0.15) is 11.5 Å². The van der Waals surface area contributed by atoms with Crippen molar-refractivity contribution in [3.8, 4) is 11.5 Å². The Balaban J connectivity index is 0.00000242. The first-order chi connectivity index (χ1) is 10.0. The van der Waals surface area contributed by atoms with Crippen LogP contribution in [0, 0.1) is 5.92 Å². The molecule has 1 aromatic rings. The van der Waals surface area contributed by atoms with Crippen LogP contribution in [0.15, 0.2) is 23.1 Å². The number of nitrogens with zero attached hydrogens (tertiary/aromatic N) is 1. The number of hydrogen-bond donors (Lipinski definition) is 1. The molecule has 1 heterocycles. The van der Waals surface area contributed by atoms with Crippen LogP contribution in [-0.4, -0.2) is 53.6 Å². The van der Waals surface area contributed by atoms with E-state index in [2.05, 4.69) is 5.32 Å². The lowest BCUT2D eigenvalue weighted by Gasteiger charge is -2.17. The van der Waals surface area contributed by atoms with Gasteiger partial charge >= 0.3 is 0 Å². The maximum absolute atomic E-state index is 12.7. The summed E-state index contributed by atoms with van der Waals surface area (Å²) in [4.78, 5) is 0.212. The average molecular weight is 351 g/mol. The van der Waals surface area contributed by atoms with Gasteiger partial charge in [-0.15, -0.1) is 12.4 Å². The Labute approximate surface area is 138 Å². The highest BCUT2D eigenvalue weighted by Gasteiger charge is 2.32. The van der Waals surface area contributed by atoms with Crippen molar-refractivity contribution in [1.29, 1.82) is 0 Å². The zero-order valence-electron chi connectivity index (χ0n) is 13.0. The van der Waals surface area contributed by atoms with Crippen LogP contribution < -0.4 is 14.8 Å². The minimum absolute atomic E-state index is 0. The summed E-state index contributed by atoms with van der Waals surface area (Å²) in [6.07, 6.45) is 0.876. The molecule has 0 amide bonds. The average Bonchev–Trinajstić information content (AvgIpc) is 2.96. The molecule has 2 rings (SSSR count). The van der Waals surface area contributed by atoms with Crippen LogP contribution in [0.2, 0.25) is 0 Å². The second kappa shape index (κ2) is 8.01. The van der Waals surface area contributed by atoms with Crippen molar-refractivity contribution in [2.45, 2.75) is 11.3 Å². The Morgan fingerprint density at radius 1 is 1.23 bits per heavy atom. The monoisotopic (exact) mass is 350 g/mol. The molecule has 1 aromatic carbocycles. The minimum Gasteiger partial charge on any atom is -0.497 e. The Morgan fingerprint density at radius 3 is 2.32 bits per heavy atom. The van der Waals surface area contributed by atoms with Crippen molar-refractivity contribution in [2.24, 2.45) is 5.92 Å². The molecule has 0 aromatic heterocycles.